The van der Waals surface area contributed by atoms with Crippen molar-refractivity contribution < 1.29 is 28.2 Å². The number of hydrogen-bond acceptors (Lipinski definition) is 5. The summed E-state index contributed by atoms with van der Waals surface area (Å²) in [6.07, 6.45) is 5.65. The van der Waals surface area contributed by atoms with Crippen LogP contribution in [0.5, 0.6) is 5.75 Å². The minimum Gasteiger partial charge on any atom is -0.493 e. The molecule has 0 saturated heterocycles. The lowest BCUT2D eigenvalue weighted by Gasteiger charge is -2.25. The fraction of sp³-hybridized carbons (Fsp3) is 0.306. The molecule has 0 radical (unpaired) electrons. The van der Waals surface area contributed by atoms with Crippen LogP contribution in [0.4, 0.5) is 8.78 Å². The van der Waals surface area contributed by atoms with Gasteiger partial charge in [0.25, 0.3) is 5.91 Å². The molecule has 2 heterocycles. The van der Waals surface area contributed by atoms with Crippen LogP contribution in [0.3, 0.4) is 0 Å². The molecule has 46 heavy (non-hydrogen) atoms. The van der Waals surface area contributed by atoms with Gasteiger partial charge in [0.2, 0.25) is 0 Å². The van der Waals surface area contributed by atoms with Crippen LogP contribution in [-0.4, -0.2) is 39.2 Å². The second-order valence-electron chi connectivity index (χ2n) is 11.9. The smallest absolute Gasteiger partial charge is 0.335 e. The molecule has 238 valence electrons. The summed E-state index contributed by atoms with van der Waals surface area (Å²) in [4.78, 5) is 30.5. The van der Waals surface area contributed by atoms with Crippen LogP contribution in [0, 0.1) is 11.6 Å². The quantitative estimate of drug-likeness (QED) is 0.159. The number of nitrogens with zero attached hydrogens (tertiary/aromatic N) is 2. The zero-order valence-electron chi connectivity index (χ0n) is 25.7. The Balaban J connectivity index is 1.24. The molecule has 1 aliphatic rings. The van der Waals surface area contributed by atoms with Gasteiger partial charge in [-0.2, -0.15) is 0 Å². The number of aromatic nitrogens is 2. The summed E-state index contributed by atoms with van der Waals surface area (Å²) in [5, 5.41) is 12.4. The highest BCUT2D eigenvalue weighted by molar-refractivity contribution is 7.17. The Morgan fingerprint density at radius 2 is 1.78 bits per heavy atom. The van der Waals surface area contributed by atoms with Crippen LogP contribution in [0.25, 0.3) is 32.9 Å². The maximum Gasteiger partial charge on any atom is 0.335 e. The third-order valence-corrected chi connectivity index (χ3v) is 9.48. The van der Waals surface area contributed by atoms with Crippen molar-refractivity contribution in [1.29, 1.82) is 0 Å². The monoisotopic (exact) mass is 643 g/mol. The van der Waals surface area contributed by atoms with Crippen molar-refractivity contribution in [2.45, 2.75) is 64.5 Å². The fourth-order valence-corrected chi connectivity index (χ4v) is 7.20. The molecule has 0 bridgehead atoms. The van der Waals surface area contributed by atoms with Gasteiger partial charge in [0.15, 0.2) is 0 Å². The molecular weight excluding hydrogens is 608 g/mol. The molecule has 2 N–H and O–H groups in total. The van der Waals surface area contributed by atoms with Crippen LogP contribution < -0.4 is 10.1 Å². The number of imidazole rings is 1. The molecule has 0 spiro atoms. The van der Waals surface area contributed by atoms with E-state index < -0.39 is 11.8 Å². The molecule has 0 aliphatic heterocycles. The van der Waals surface area contributed by atoms with E-state index in [0.717, 1.165) is 53.6 Å². The first-order valence-corrected chi connectivity index (χ1v) is 16.4. The Morgan fingerprint density at radius 1 is 1.02 bits per heavy atom. The zero-order valence-corrected chi connectivity index (χ0v) is 26.5. The highest BCUT2D eigenvalue weighted by Gasteiger charge is 2.25. The predicted molar refractivity (Wildman–Crippen MR) is 176 cm³/mol. The highest BCUT2D eigenvalue weighted by atomic mass is 32.1. The summed E-state index contributed by atoms with van der Waals surface area (Å²) in [6, 6.07) is 17.7. The van der Waals surface area contributed by atoms with Gasteiger partial charge in [0.1, 0.15) is 23.2 Å². The minimum absolute atomic E-state index is 0.0187. The molecule has 6 rings (SSSR count). The van der Waals surface area contributed by atoms with E-state index in [1.807, 2.05) is 19.9 Å². The molecule has 2 aromatic heterocycles. The SMILES string of the molecule is CC(C)NC(=O)c1cc(CCOc2ccc(-c3nc4cc(C(=O)O)ccc4n3C3CCCCC3)c(F)c2)c(-c2ccc(F)cc2)s1. The predicted octanol–water partition coefficient (Wildman–Crippen LogP) is 8.67. The average molecular weight is 644 g/mol. The molecule has 0 unspecified atom stereocenters. The van der Waals surface area contributed by atoms with E-state index >= 15 is 4.39 Å². The molecule has 1 aliphatic carbocycles. The number of carbonyl (C=O) groups is 2. The molecule has 0 atom stereocenters. The van der Waals surface area contributed by atoms with E-state index in [-0.39, 0.29) is 36.0 Å². The lowest BCUT2D eigenvalue weighted by atomic mass is 9.94. The summed E-state index contributed by atoms with van der Waals surface area (Å²) in [5.41, 5.74) is 3.46. The summed E-state index contributed by atoms with van der Waals surface area (Å²) in [7, 11) is 0. The van der Waals surface area contributed by atoms with Crippen LogP contribution in [0.15, 0.2) is 66.7 Å². The van der Waals surface area contributed by atoms with Gasteiger partial charge >= 0.3 is 5.97 Å². The maximum atomic E-state index is 15.8. The lowest BCUT2D eigenvalue weighted by Crippen LogP contribution is -2.29. The summed E-state index contributed by atoms with van der Waals surface area (Å²) >= 11 is 1.34. The highest BCUT2D eigenvalue weighted by Crippen LogP contribution is 2.38. The Kier molecular flexibility index (Phi) is 9.17. The fourth-order valence-electron chi connectivity index (χ4n) is 6.08. The number of rotatable bonds is 10. The van der Waals surface area contributed by atoms with Crippen LogP contribution in [0.2, 0.25) is 0 Å². The Morgan fingerprint density at radius 3 is 2.48 bits per heavy atom. The van der Waals surface area contributed by atoms with Crippen LogP contribution in [-0.2, 0) is 6.42 Å². The van der Waals surface area contributed by atoms with E-state index in [0.29, 0.717) is 34.0 Å². The molecule has 3 aromatic carbocycles. The third-order valence-electron chi connectivity index (χ3n) is 8.26. The Labute approximate surface area is 269 Å². The van der Waals surface area contributed by atoms with Gasteiger partial charge in [-0.05, 0) is 86.3 Å². The Bertz CT molecular complexity index is 1890. The minimum atomic E-state index is -1.04. The molecule has 1 saturated carbocycles. The van der Waals surface area contributed by atoms with E-state index in [9.17, 15) is 19.1 Å². The standard InChI is InChI=1S/C36H35F2N3O4S/c1-21(2)39-35(42)32-19-23(33(46-32)22-8-11-25(37)12-9-22)16-17-45-27-13-14-28(29(38)20-27)34-40-30-18-24(36(43)44)10-15-31(30)41(34)26-6-4-3-5-7-26/h8-15,18-21,26H,3-7,16-17H2,1-2H3,(H,39,42)(H,43,44). The van der Waals surface area contributed by atoms with Gasteiger partial charge in [-0.15, -0.1) is 11.3 Å². The van der Waals surface area contributed by atoms with Crippen molar-refractivity contribution in [2.24, 2.45) is 0 Å². The average Bonchev–Trinajstić information content (AvgIpc) is 3.63. The molecule has 1 amide bonds. The van der Waals surface area contributed by atoms with Gasteiger partial charge in [-0.1, -0.05) is 31.4 Å². The van der Waals surface area contributed by atoms with Crippen molar-refractivity contribution in [2.75, 3.05) is 6.61 Å². The first-order valence-electron chi connectivity index (χ1n) is 15.6. The van der Waals surface area contributed by atoms with Gasteiger partial charge in [-0.3, -0.25) is 4.79 Å². The van der Waals surface area contributed by atoms with Gasteiger partial charge in [0, 0.05) is 29.4 Å². The number of amides is 1. The maximum absolute atomic E-state index is 15.8. The first kappa shape index (κ1) is 31.4. The summed E-state index contributed by atoms with van der Waals surface area (Å²) in [6.45, 7) is 4.02. The lowest BCUT2D eigenvalue weighted by molar-refractivity contribution is 0.0696. The van der Waals surface area contributed by atoms with Crippen molar-refractivity contribution in [3.05, 3.63) is 94.4 Å². The number of ether oxygens (including phenoxy) is 1. The number of carbonyl (C=O) groups excluding carboxylic acids is 1. The normalized spacial score (nSPS) is 13.8. The van der Waals surface area contributed by atoms with Gasteiger partial charge in [-0.25, -0.2) is 18.6 Å². The number of aromatic carboxylic acids is 1. The number of carboxylic acids is 1. The number of benzene rings is 3. The van der Waals surface area contributed by atoms with Gasteiger partial charge in [0.05, 0.1) is 33.6 Å². The number of fused-ring (bicyclic) bond motifs is 1. The Hall–Kier alpha value is -4.57. The molecule has 7 nitrogen and oxygen atoms in total. The third kappa shape index (κ3) is 6.67. The topological polar surface area (TPSA) is 93.4 Å². The van der Waals surface area contributed by atoms with Crippen molar-refractivity contribution in [3.8, 4) is 27.6 Å². The molecule has 5 aromatic rings. The second-order valence-corrected chi connectivity index (χ2v) is 13.0. The van der Waals surface area contributed by atoms with Crippen LogP contribution >= 0.6 is 11.3 Å². The largest absolute Gasteiger partial charge is 0.493 e. The number of halogens is 2. The number of thiophene rings is 1. The van der Waals surface area contributed by atoms with Crippen LogP contribution in [0.1, 0.15) is 77.6 Å². The molecule has 1 fully saturated rings. The molecule has 10 heteroatoms. The van der Waals surface area contributed by atoms with Crippen molar-refractivity contribution in [3.63, 3.8) is 0 Å². The van der Waals surface area contributed by atoms with E-state index in [2.05, 4.69) is 9.88 Å². The zero-order chi connectivity index (χ0) is 32.4. The van der Waals surface area contributed by atoms with E-state index in [4.69, 9.17) is 9.72 Å². The van der Waals surface area contributed by atoms with Crippen molar-refractivity contribution in [1.82, 2.24) is 14.9 Å². The van der Waals surface area contributed by atoms with E-state index in [1.54, 1.807) is 42.5 Å². The number of carboxylic acid groups (broad SMARTS) is 1. The second kappa shape index (κ2) is 13.4. The first-order chi connectivity index (χ1) is 22.2. The van der Waals surface area contributed by atoms with Gasteiger partial charge < -0.3 is 19.7 Å². The number of hydrogen-bond donors (Lipinski definition) is 2. The summed E-state index contributed by atoms with van der Waals surface area (Å²) < 4.78 is 37.5. The number of nitrogens with one attached hydrogen (secondary N) is 1. The summed E-state index contributed by atoms with van der Waals surface area (Å²) in [5.74, 6) is -1.21. The molecular formula is C36H35F2N3O4S. The van der Waals surface area contributed by atoms with E-state index in [1.165, 1.54) is 29.5 Å². The van der Waals surface area contributed by atoms with Crippen molar-refractivity contribution >= 4 is 34.2 Å².